The monoisotopic (exact) mass is 350 g/mol. The van der Waals surface area contributed by atoms with Gasteiger partial charge in [0.2, 0.25) is 0 Å². The molecule has 2 rings (SSSR count). The molecule has 0 heterocycles. The van der Waals surface area contributed by atoms with Gasteiger partial charge in [-0.2, -0.15) is 0 Å². The van der Waals surface area contributed by atoms with Crippen LogP contribution in [-0.4, -0.2) is 12.7 Å². The SMILES string of the molecule is COC1(C(NN)c2ccc(Br)c(Cl)c2F)CCCC1. The van der Waals surface area contributed by atoms with Gasteiger partial charge >= 0.3 is 0 Å². The average Bonchev–Trinajstić information content (AvgIpc) is 2.89. The fourth-order valence-electron chi connectivity index (χ4n) is 2.87. The first kappa shape index (κ1) is 15.2. The lowest BCUT2D eigenvalue weighted by molar-refractivity contribution is -0.0377. The number of methoxy groups -OCH3 is 1. The van der Waals surface area contributed by atoms with Crippen molar-refractivity contribution in [3.8, 4) is 0 Å². The largest absolute Gasteiger partial charge is 0.376 e. The first-order valence-corrected chi connectivity index (χ1v) is 7.37. The number of rotatable bonds is 4. The quantitative estimate of drug-likeness (QED) is 0.494. The van der Waals surface area contributed by atoms with Crippen LogP contribution in [0, 0.1) is 5.82 Å². The summed E-state index contributed by atoms with van der Waals surface area (Å²) in [5, 5.41) is 0.0713. The highest BCUT2D eigenvalue weighted by Crippen LogP contribution is 2.44. The molecular formula is C13H17BrClFN2O. The van der Waals surface area contributed by atoms with Crippen LogP contribution >= 0.6 is 27.5 Å². The molecule has 1 aromatic carbocycles. The summed E-state index contributed by atoms with van der Waals surface area (Å²) < 4.78 is 20.5. The van der Waals surface area contributed by atoms with Gasteiger partial charge in [-0.05, 0) is 34.8 Å². The summed E-state index contributed by atoms with van der Waals surface area (Å²) in [6, 6.07) is 3.00. The Morgan fingerprint density at radius 3 is 2.63 bits per heavy atom. The number of benzene rings is 1. The number of halogens is 3. The second-order valence-corrected chi connectivity index (χ2v) is 6.07. The number of ether oxygens (including phenoxy) is 1. The van der Waals surface area contributed by atoms with Gasteiger partial charge in [-0.15, -0.1) is 0 Å². The van der Waals surface area contributed by atoms with E-state index in [9.17, 15) is 4.39 Å². The van der Waals surface area contributed by atoms with Crippen molar-refractivity contribution in [2.75, 3.05) is 7.11 Å². The van der Waals surface area contributed by atoms with E-state index >= 15 is 0 Å². The number of nitrogens with one attached hydrogen (secondary N) is 1. The van der Waals surface area contributed by atoms with E-state index in [0.717, 1.165) is 25.7 Å². The molecule has 1 fully saturated rings. The molecule has 1 saturated carbocycles. The summed E-state index contributed by atoms with van der Waals surface area (Å²) in [4.78, 5) is 0. The molecule has 0 amide bonds. The third-order valence-electron chi connectivity index (χ3n) is 3.93. The molecule has 106 valence electrons. The third kappa shape index (κ3) is 2.67. The van der Waals surface area contributed by atoms with Gasteiger partial charge in [0.1, 0.15) is 5.82 Å². The van der Waals surface area contributed by atoms with Crippen molar-refractivity contribution in [2.24, 2.45) is 5.84 Å². The van der Waals surface area contributed by atoms with Crippen molar-refractivity contribution in [1.29, 1.82) is 0 Å². The molecule has 3 N–H and O–H groups in total. The van der Waals surface area contributed by atoms with Crippen molar-refractivity contribution >= 4 is 27.5 Å². The zero-order valence-corrected chi connectivity index (χ0v) is 13.0. The predicted molar refractivity (Wildman–Crippen MR) is 77.4 cm³/mol. The molecule has 0 radical (unpaired) electrons. The summed E-state index contributed by atoms with van der Waals surface area (Å²) in [6.45, 7) is 0. The van der Waals surface area contributed by atoms with Crippen LogP contribution in [0.3, 0.4) is 0 Å². The van der Waals surface area contributed by atoms with Crippen molar-refractivity contribution in [2.45, 2.75) is 37.3 Å². The van der Waals surface area contributed by atoms with Gasteiger partial charge in [-0.1, -0.05) is 30.5 Å². The van der Waals surface area contributed by atoms with Crippen molar-refractivity contribution in [3.05, 3.63) is 33.0 Å². The fraction of sp³-hybridized carbons (Fsp3) is 0.538. The van der Waals surface area contributed by atoms with Crippen LogP contribution in [0.2, 0.25) is 5.02 Å². The molecule has 1 aliphatic rings. The summed E-state index contributed by atoms with van der Waals surface area (Å²) in [5.74, 6) is 5.19. The maximum atomic E-state index is 14.3. The van der Waals surface area contributed by atoms with Gasteiger partial charge in [0, 0.05) is 17.1 Å². The Morgan fingerprint density at radius 2 is 2.11 bits per heavy atom. The zero-order chi connectivity index (χ0) is 14.0. The maximum Gasteiger partial charge on any atom is 0.147 e. The molecule has 0 spiro atoms. The topological polar surface area (TPSA) is 47.3 Å². The number of hydrogen-bond acceptors (Lipinski definition) is 3. The molecule has 6 heteroatoms. The van der Waals surface area contributed by atoms with Gasteiger partial charge in [-0.25, -0.2) is 9.82 Å². The number of nitrogens with two attached hydrogens (primary N) is 1. The lowest BCUT2D eigenvalue weighted by Crippen LogP contribution is -2.46. The van der Waals surface area contributed by atoms with E-state index in [2.05, 4.69) is 21.4 Å². The van der Waals surface area contributed by atoms with Crippen LogP contribution in [0.15, 0.2) is 16.6 Å². The summed E-state index contributed by atoms with van der Waals surface area (Å²) in [6.07, 6.45) is 3.81. The minimum absolute atomic E-state index is 0.0713. The highest BCUT2D eigenvalue weighted by Gasteiger charge is 2.43. The molecule has 1 aliphatic carbocycles. The van der Waals surface area contributed by atoms with Crippen LogP contribution < -0.4 is 11.3 Å². The Kier molecular flexibility index (Phi) is 4.84. The van der Waals surface area contributed by atoms with Crippen LogP contribution in [0.1, 0.15) is 37.3 Å². The summed E-state index contributed by atoms with van der Waals surface area (Å²) in [7, 11) is 1.65. The number of hydrazine groups is 1. The normalized spacial score (nSPS) is 19.6. The molecular weight excluding hydrogens is 335 g/mol. The van der Waals surface area contributed by atoms with Crippen LogP contribution in [-0.2, 0) is 4.74 Å². The van der Waals surface area contributed by atoms with E-state index in [-0.39, 0.29) is 5.02 Å². The van der Waals surface area contributed by atoms with E-state index in [1.54, 1.807) is 19.2 Å². The summed E-state index contributed by atoms with van der Waals surface area (Å²) in [5.41, 5.74) is 2.68. The molecule has 1 aromatic rings. The minimum atomic E-state index is -0.466. The average molecular weight is 352 g/mol. The van der Waals surface area contributed by atoms with Gasteiger partial charge in [0.15, 0.2) is 0 Å². The smallest absolute Gasteiger partial charge is 0.147 e. The Morgan fingerprint density at radius 1 is 1.47 bits per heavy atom. The Hall–Kier alpha value is -0.200. The van der Waals surface area contributed by atoms with E-state index in [1.165, 1.54) is 0 Å². The van der Waals surface area contributed by atoms with Gasteiger partial charge < -0.3 is 4.74 Å². The molecule has 0 aromatic heterocycles. The standard InChI is InChI=1S/C13H17BrClFN2O/c1-19-13(6-2-3-7-13)12(18-17)8-4-5-9(14)10(15)11(8)16/h4-5,12,18H,2-3,6-7,17H2,1H3. The van der Waals surface area contributed by atoms with Crippen molar-refractivity contribution < 1.29 is 9.13 Å². The van der Waals surface area contributed by atoms with Gasteiger partial charge in [0.25, 0.3) is 0 Å². The third-order valence-corrected chi connectivity index (χ3v) is 5.18. The molecule has 19 heavy (non-hydrogen) atoms. The Balaban J connectivity index is 2.45. The fourth-order valence-corrected chi connectivity index (χ4v) is 3.35. The lowest BCUT2D eigenvalue weighted by Gasteiger charge is -2.36. The maximum absolute atomic E-state index is 14.3. The van der Waals surface area contributed by atoms with E-state index in [4.69, 9.17) is 22.2 Å². The van der Waals surface area contributed by atoms with E-state index < -0.39 is 17.5 Å². The van der Waals surface area contributed by atoms with Gasteiger partial charge in [-0.3, -0.25) is 5.84 Å². The highest BCUT2D eigenvalue weighted by molar-refractivity contribution is 9.10. The molecule has 0 bridgehead atoms. The Bertz CT molecular complexity index is 466. The first-order chi connectivity index (χ1) is 9.05. The van der Waals surface area contributed by atoms with Crippen LogP contribution in [0.25, 0.3) is 0 Å². The minimum Gasteiger partial charge on any atom is -0.376 e. The molecule has 1 atom stereocenters. The van der Waals surface area contributed by atoms with E-state index in [0.29, 0.717) is 10.0 Å². The molecule has 3 nitrogen and oxygen atoms in total. The lowest BCUT2D eigenvalue weighted by atomic mass is 9.87. The van der Waals surface area contributed by atoms with E-state index in [1.807, 2.05) is 0 Å². The highest BCUT2D eigenvalue weighted by atomic mass is 79.9. The molecule has 0 aliphatic heterocycles. The second-order valence-electron chi connectivity index (χ2n) is 4.84. The van der Waals surface area contributed by atoms with Crippen LogP contribution in [0.5, 0.6) is 0 Å². The molecule has 0 saturated heterocycles. The number of hydrogen-bond donors (Lipinski definition) is 2. The van der Waals surface area contributed by atoms with Crippen molar-refractivity contribution in [3.63, 3.8) is 0 Å². The molecule has 1 unspecified atom stereocenters. The Labute approximate surface area is 125 Å². The second kappa shape index (κ2) is 6.06. The van der Waals surface area contributed by atoms with Gasteiger partial charge in [0.05, 0.1) is 16.7 Å². The van der Waals surface area contributed by atoms with Crippen molar-refractivity contribution in [1.82, 2.24) is 5.43 Å². The first-order valence-electron chi connectivity index (χ1n) is 6.20. The zero-order valence-electron chi connectivity index (χ0n) is 10.7. The van der Waals surface area contributed by atoms with Crippen LogP contribution in [0.4, 0.5) is 4.39 Å². The summed E-state index contributed by atoms with van der Waals surface area (Å²) >= 11 is 9.16. The predicted octanol–water partition coefficient (Wildman–Crippen LogP) is 3.71.